The van der Waals surface area contributed by atoms with Crippen molar-refractivity contribution < 1.29 is 36.4 Å². The van der Waals surface area contributed by atoms with Crippen LogP contribution in [0.4, 0.5) is 32.0 Å². The van der Waals surface area contributed by atoms with Gasteiger partial charge in [0.05, 0.1) is 4.92 Å². The Hall–Kier alpha value is -2.62. The molecule has 0 aliphatic carbocycles. The van der Waals surface area contributed by atoms with E-state index < -0.39 is 45.3 Å². The lowest BCUT2D eigenvalue weighted by atomic mass is 9.80. The molecule has 2 rings (SSSR count). The van der Waals surface area contributed by atoms with Crippen LogP contribution in [0.2, 0.25) is 0 Å². The summed E-state index contributed by atoms with van der Waals surface area (Å²) < 4.78 is 81.0. The van der Waals surface area contributed by atoms with Crippen LogP contribution in [0.3, 0.4) is 0 Å². The number of hydrogen-bond donors (Lipinski definition) is 1. The Kier molecular flexibility index (Phi) is 4.51. The number of nitro benzene ring substituents is 1. The second-order valence-electron chi connectivity index (χ2n) is 5.07. The number of nitro groups is 1. The maximum Gasteiger partial charge on any atom is 0.457 e. The number of non-ortho nitro benzene ring substituents is 1. The van der Waals surface area contributed by atoms with E-state index in [1.165, 1.54) is 0 Å². The van der Waals surface area contributed by atoms with Gasteiger partial charge in [-0.15, -0.1) is 0 Å². The maximum atomic E-state index is 14.2. The van der Waals surface area contributed by atoms with Crippen LogP contribution in [0.5, 0.6) is 0 Å². The van der Waals surface area contributed by atoms with Gasteiger partial charge in [0.15, 0.2) is 5.60 Å². The van der Waals surface area contributed by atoms with Gasteiger partial charge in [0, 0.05) is 23.3 Å². The topological polar surface area (TPSA) is 63.4 Å². The third kappa shape index (κ3) is 2.93. The van der Waals surface area contributed by atoms with Crippen molar-refractivity contribution in [3.05, 3.63) is 75.6 Å². The highest BCUT2D eigenvalue weighted by Gasteiger charge is 2.71. The quantitative estimate of drug-likeness (QED) is 0.503. The van der Waals surface area contributed by atoms with Crippen LogP contribution in [0.15, 0.2) is 48.5 Å². The van der Waals surface area contributed by atoms with E-state index in [-0.39, 0.29) is 0 Å². The van der Waals surface area contributed by atoms with Gasteiger partial charge in [-0.05, 0) is 6.07 Å². The monoisotopic (exact) mass is 365 g/mol. The van der Waals surface area contributed by atoms with Gasteiger partial charge in [-0.2, -0.15) is 22.0 Å². The van der Waals surface area contributed by atoms with E-state index in [1.54, 1.807) is 0 Å². The van der Waals surface area contributed by atoms with Gasteiger partial charge in [-0.25, -0.2) is 4.39 Å². The number of benzene rings is 2. The summed E-state index contributed by atoms with van der Waals surface area (Å²) in [4.78, 5) is 9.73. The van der Waals surface area contributed by atoms with Gasteiger partial charge >= 0.3 is 12.1 Å². The minimum Gasteiger partial charge on any atom is -0.374 e. The number of alkyl halides is 5. The first-order valence-corrected chi connectivity index (χ1v) is 6.59. The molecule has 4 nitrogen and oxygen atoms in total. The minimum absolute atomic E-state index is 0.339. The van der Waals surface area contributed by atoms with E-state index in [2.05, 4.69) is 0 Å². The fourth-order valence-corrected chi connectivity index (χ4v) is 2.31. The molecule has 0 radical (unpaired) electrons. The lowest BCUT2D eigenvalue weighted by molar-refractivity contribution is -0.385. The highest BCUT2D eigenvalue weighted by atomic mass is 19.4. The molecular formula is C15H9F6NO3. The first-order chi connectivity index (χ1) is 11.4. The second-order valence-corrected chi connectivity index (χ2v) is 5.07. The highest BCUT2D eigenvalue weighted by molar-refractivity contribution is 5.45. The normalized spacial score (nSPS) is 14.8. The molecule has 1 atom stereocenters. The molecule has 0 saturated carbocycles. The van der Waals surface area contributed by atoms with Crippen molar-refractivity contribution >= 4 is 5.69 Å². The Morgan fingerprint density at radius 3 is 2.08 bits per heavy atom. The second kappa shape index (κ2) is 6.03. The number of hydrogen-bond acceptors (Lipinski definition) is 3. The molecule has 10 heteroatoms. The van der Waals surface area contributed by atoms with Crippen molar-refractivity contribution in [3.8, 4) is 0 Å². The SMILES string of the molecule is O=[N+]([O-])c1cccc(C(O)(c2ccccc2F)C(F)(F)C(F)(F)F)c1. The summed E-state index contributed by atoms with van der Waals surface area (Å²) in [7, 11) is 0. The molecule has 0 bridgehead atoms. The molecule has 1 N–H and O–H groups in total. The van der Waals surface area contributed by atoms with Crippen LogP contribution in [0.1, 0.15) is 11.1 Å². The summed E-state index contributed by atoms with van der Waals surface area (Å²) in [5.74, 6) is -7.36. The maximum absolute atomic E-state index is 14.2. The fourth-order valence-electron chi connectivity index (χ4n) is 2.31. The summed E-state index contributed by atoms with van der Waals surface area (Å²) in [6, 6.07) is 5.72. The van der Waals surface area contributed by atoms with Crippen LogP contribution in [-0.4, -0.2) is 22.1 Å². The molecule has 0 spiro atoms. The van der Waals surface area contributed by atoms with Crippen molar-refractivity contribution in [2.45, 2.75) is 17.7 Å². The number of rotatable bonds is 4. The summed E-state index contributed by atoms with van der Waals surface area (Å²) in [6.45, 7) is 0. The molecule has 0 fully saturated rings. The number of halogens is 6. The zero-order valence-electron chi connectivity index (χ0n) is 12.1. The van der Waals surface area contributed by atoms with Gasteiger partial charge in [0.25, 0.3) is 5.69 Å². The van der Waals surface area contributed by atoms with Crippen LogP contribution < -0.4 is 0 Å². The van der Waals surface area contributed by atoms with Crippen LogP contribution in [-0.2, 0) is 5.60 Å². The van der Waals surface area contributed by atoms with Gasteiger partial charge in [0.1, 0.15) is 5.82 Å². The molecule has 2 aromatic carbocycles. The molecular weight excluding hydrogens is 356 g/mol. The van der Waals surface area contributed by atoms with Crippen molar-refractivity contribution in [1.82, 2.24) is 0 Å². The molecule has 0 amide bonds. The Labute approximate surface area is 136 Å². The zero-order valence-corrected chi connectivity index (χ0v) is 12.1. The Morgan fingerprint density at radius 2 is 1.56 bits per heavy atom. The summed E-state index contributed by atoms with van der Waals surface area (Å²) in [5, 5.41) is 21.1. The van der Waals surface area contributed by atoms with Gasteiger partial charge in [-0.1, -0.05) is 30.3 Å². The molecule has 25 heavy (non-hydrogen) atoms. The molecule has 0 heterocycles. The Balaban J connectivity index is 2.85. The molecule has 2 aromatic rings. The first kappa shape index (κ1) is 18.7. The molecule has 0 aliphatic heterocycles. The molecule has 0 aliphatic rings. The lowest BCUT2D eigenvalue weighted by Gasteiger charge is -2.37. The van der Waals surface area contributed by atoms with Gasteiger partial charge < -0.3 is 5.11 Å². The predicted octanol–water partition coefficient (Wildman–Crippen LogP) is 4.17. The summed E-state index contributed by atoms with van der Waals surface area (Å²) >= 11 is 0. The van der Waals surface area contributed by atoms with E-state index in [4.69, 9.17) is 0 Å². The lowest BCUT2D eigenvalue weighted by Crippen LogP contribution is -2.56. The standard InChI is InChI=1S/C15H9F6NO3/c16-12-7-2-1-6-11(12)13(23,14(17,18)15(19,20)21)9-4-3-5-10(8-9)22(24)25/h1-8,23H. The third-order valence-corrected chi connectivity index (χ3v) is 3.55. The minimum atomic E-state index is -6.26. The van der Waals surface area contributed by atoms with Gasteiger partial charge in [-0.3, -0.25) is 10.1 Å². The average molecular weight is 365 g/mol. The van der Waals surface area contributed by atoms with Crippen molar-refractivity contribution in [3.63, 3.8) is 0 Å². The van der Waals surface area contributed by atoms with E-state index in [0.29, 0.717) is 24.3 Å². The number of aliphatic hydroxyl groups is 1. The molecule has 0 saturated heterocycles. The fraction of sp³-hybridized carbons (Fsp3) is 0.200. The largest absolute Gasteiger partial charge is 0.457 e. The van der Waals surface area contributed by atoms with Gasteiger partial charge in [0.2, 0.25) is 0 Å². The van der Waals surface area contributed by atoms with Crippen LogP contribution in [0.25, 0.3) is 0 Å². The first-order valence-electron chi connectivity index (χ1n) is 6.59. The van der Waals surface area contributed by atoms with Crippen molar-refractivity contribution in [1.29, 1.82) is 0 Å². The van der Waals surface area contributed by atoms with Crippen molar-refractivity contribution in [2.24, 2.45) is 0 Å². The van der Waals surface area contributed by atoms with Crippen LogP contribution in [0, 0.1) is 15.9 Å². The van der Waals surface area contributed by atoms with E-state index in [0.717, 1.165) is 24.3 Å². The van der Waals surface area contributed by atoms with Crippen LogP contribution >= 0.6 is 0 Å². The molecule has 134 valence electrons. The zero-order chi connectivity index (χ0) is 19.0. The smallest absolute Gasteiger partial charge is 0.374 e. The van der Waals surface area contributed by atoms with Crippen molar-refractivity contribution in [2.75, 3.05) is 0 Å². The average Bonchev–Trinajstić information content (AvgIpc) is 2.53. The van der Waals surface area contributed by atoms with E-state index >= 15 is 0 Å². The Bertz CT molecular complexity index is 808. The molecule has 0 aromatic heterocycles. The highest BCUT2D eigenvalue weighted by Crippen LogP contribution is 2.52. The number of nitrogens with zero attached hydrogens (tertiary/aromatic N) is 1. The molecule has 1 unspecified atom stereocenters. The van der Waals surface area contributed by atoms with E-state index in [9.17, 15) is 41.6 Å². The summed E-state index contributed by atoms with van der Waals surface area (Å²) in [6.07, 6.45) is -6.26. The third-order valence-electron chi connectivity index (χ3n) is 3.55. The van der Waals surface area contributed by atoms with E-state index in [1.807, 2.05) is 0 Å². The Morgan fingerprint density at radius 1 is 0.960 bits per heavy atom. The predicted molar refractivity (Wildman–Crippen MR) is 73.5 cm³/mol. The summed E-state index contributed by atoms with van der Waals surface area (Å²) in [5.41, 5.74) is -7.58.